The Morgan fingerprint density at radius 3 is 1.74 bits per heavy atom. The summed E-state index contributed by atoms with van der Waals surface area (Å²) in [6, 6.07) is 46.2. The predicted octanol–water partition coefficient (Wildman–Crippen LogP) is 14.9. The molecule has 0 amide bonds. The summed E-state index contributed by atoms with van der Waals surface area (Å²) in [4.78, 5) is 0. The SMILES string of the molecule is CC(C)(C)c1ccc(-n2c3ccc4c(c3c3ccc5sc6ccc(C(C)(C)C)cc6c5c32)C(C)(C)c2cccc3c2B4c2cc(C(C)(C)C)cc4c5cc(C(C)(C)C)ccc5n-3c24)cc1. The highest BCUT2D eigenvalue weighted by atomic mass is 32.1. The number of hydrogen-bond acceptors (Lipinski definition) is 1. The normalized spacial score (nSPS) is 15.0. The number of aromatic nitrogens is 2. The average molecular weight is 865 g/mol. The van der Waals surface area contributed by atoms with Crippen LogP contribution in [-0.2, 0) is 27.1 Å². The van der Waals surface area contributed by atoms with Gasteiger partial charge in [0, 0.05) is 64.0 Å². The molecular formula is C61H61BN2S. The van der Waals surface area contributed by atoms with Gasteiger partial charge in [-0.25, -0.2) is 0 Å². The standard InChI is InChI=1S/C61H61BN2S/c1-57(2,3)34-18-22-38(23-19-34)63-47-27-25-44-53(51(47)39-24-29-50-52(56(39)63)42-31-36(59(7,8)9)21-28-49(42)65-50)61(13,14)43-16-15-17-48-54(43)62(44)45-33-37(60(10,11)12)32-41-40-30-35(58(4,5)6)20-26-46(40)64(48)55(41)45/h15-33H,1-14H3. The van der Waals surface area contributed by atoms with Crippen LogP contribution < -0.4 is 16.4 Å². The number of thiophene rings is 1. The molecule has 0 fully saturated rings. The fourth-order valence-corrected chi connectivity index (χ4v) is 13.1. The summed E-state index contributed by atoms with van der Waals surface area (Å²) in [7, 11) is 0. The lowest BCUT2D eigenvalue weighted by atomic mass is 9.30. The minimum atomic E-state index is -0.294. The van der Waals surface area contributed by atoms with E-state index in [-0.39, 0.29) is 33.8 Å². The number of fused-ring (bicyclic) bond motifs is 15. The number of nitrogens with zero attached hydrogens (tertiary/aromatic N) is 2. The lowest BCUT2D eigenvalue weighted by Crippen LogP contribution is -2.63. The second-order valence-electron chi connectivity index (χ2n) is 24.3. The monoisotopic (exact) mass is 864 g/mol. The van der Waals surface area contributed by atoms with Gasteiger partial charge in [0.1, 0.15) is 0 Å². The molecule has 0 aliphatic carbocycles. The van der Waals surface area contributed by atoms with Gasteiger partial charge in [0.05, 0.1) is 16.6 Å². The van der Waals surface area contributed by atoms with Gasteiger partial charge in [-0.3, -0.25) is 0 Å². The highest BCUT2D eigenvalue weighted by Crippen LogP contribution is 2.49. The van der Waals surface area contributed by atoms with E-state index in [1.807, 2.05) is 11.3 Å². The molecular weight excluding hydrogens is 804 g/mol. The zero-order valence-corrected chi connectivity index (χ0v) is 41.7. The minimum Gasteiger partial charge on any atom is -0.310 e. The topological polar surface area (TPSA) is 9.86 Å². The molecule has 5 heterocycles. The Hall–Kier alpha value is -5.58. The van der Waals surface area contributed by atoms with Gasteiger partial charge in [-0.2, -0.15) is 0 Å². The third-order valence-electron chi connectivity index (χ3n) is 15.6. The largest absolute Gasteiger partial charge is 0.310 e. The maximum absolute atomic E-state index is 2.63. The van der Waals surface area contributed by atoms with Crippen molar-refractivity contribution in [2.45, 2.75) is 124 Å². The van der Waals surface area contributed by atoms with Crippen LogP contribution in [0.5, 0.6) is 0 Å². The summed E-state index contributed by atoms with van der Waals surface area (Å²) < 4.78 is 7.94. The van der Waals surface area contributed by atoms with Crippen LogP contribution in [0.3, 0.4) is 0 Å². The zero-order valence-electron chi connectivity index (χ0n) is 40.8. The molecule has 2 aliphatic rings. The van der Waals surface area contributed by atoms with Crippen molar-refractivity contribution in [2.75, 3.05) is 0 Å². The Balaban J connectivity index is 1.24. The molecule has 324 valence electrons. The van der Waals surface area contributed by atoms with E-state index >= 15 is 0 Å². The van der Waals surface area contributed by atoms with Crippen LogP contribution in [0, 0.1) is 0 Å². The Kier molecular flexibility index (Phi) is 8.09. The molecule has 0 spiro atoms. The minimum absolute atomic E-state index is 0.0290. The molecule has 0 unspecified atom stereocenters. The molecule has 0 saturated heterocycles. The Bertz CT molecular complexity index is 3710. The van der Waals surface area contributed by atoms with Crippen LogP contribution in [0.1, 0.15) is 130 Å². The molecule has 65 heavy (non-hydrogen) atoms. The molecule has 4 heteroatoms. The first kappa shape index (κ1) is 40.9. The molecule has 0 radical (unpaired) electrons. The quantitative estimate of drug-likeness (QED) is 0.146. The summed E-state index contributed by atoms with van der Waals surface area (Å²) in [5.74, 6) is 0. The maximum Gasteiger partial charge on any atom is 0.247 e. The second kappa shape index (κ2) is 12.9. The van der Waals surface area contributed by atoms with Crippen LogP contribution in [0.2, 0.25) is 0 Å². The molecule has 0 N–H and O–H groups in total. The predicted molar refractivity (Wildman–Crippen MR) is 286 cm³/mol. The highest BCUT2D eigenvalue weighted by molar-refractivity contribution is 7.26. The van der Waals surface area contributed by atoms with E-state index < -0.39 is 0 Å². The van der Waals surface area contributed by atoms with Crippen molar-refractivity contribution < 1.29 is 0 Å². The third-order valence-corrected chi connectivity index (χ3v) is 16.7. The van der Waals surface area contributed by atoms with Gasteiger partial charge >= 0.3 is 0 Å². The van der Waals surface area contributed by atoms with Crippen LogP contribution in [0.4, 0.5) is 0 Å². The van der Waals surface area contributed by atoms with Crippen molar-refractivity contribution in [1.29, 1.82) is 0 Å². The highest BCUT2D eigenvalue weighted by Gasteiger charge is 2.47. The van der Waals surface area contributed by atoms with Gasteiger partial charge in [-0.1, -0.05) is 157 Å². The van der Waals surface area contributed by atoms with Crippen molar-refractivity contribution in [3.63, 3.8) is 0 Å². The first-order chi connectivity index (χ1) is 30.5. The average Bonchev–Trinajstić information content (AvgIpc) is 3.89. The molecule has 2 nitrogen and oxygen atoms in total. The van der Waals surface area contributed by atoms with Crippen molar-refractivity contribution in [1.82, 2.24) is 9.13 Å². The van der Waals surface area contributed by atoms with Gasteiger partial charge in [-0.05, 0) is 127 Å². The molecule has 7 aromatic carbocycles. The van der Waals surface area contributed by atoms with E-state index in [1.165, 1.54) is 125 Å². The van der Waals surface area contributed by atoms with E-state index in [9.17, 15) is 0 Å². The van der Waals surface area contributed by atoms with Crippen LogP contribution in [0.15, 0.2) is 115 Å². The summed E-state index contributed by atoms with van der Waals surface area (Å²) >= 11 is 1.93. The van der Waals surface area contributed by atoms with E-state index in [2.05, 4.69) is 221 Å². The molecule has 10 aromatic rings. The molecule has 0 saturated carbocycles. The molecule has 12 rings (SSSR count). The first-order valence-corrected chi connectivity index (χ1v) is 24.7. The molecule has 2 aliphatic heterocycles. The third kappa shape index (κ3) is 5.59. The molecule has 0 atom stereocenters. The van der Waals surface area contributed by atoms with Crippen molar-refractivity contribution >= 4 is 98.2 Å². The van der Waals surface area contributed by atoms with Crippen molar-refractivity contribution in [2.24, 2.45) is 0 Å². The maximum atomic E-state index is 2.63. The zero-order chi connectivity index (χ0) is 45.7. The van der Waals surface area contributed by atoms with Crippen LogP contribution in [0.25, 0.3) is 75.2 Å². The van der Waals surface area contributed by atoms with Gasteiger partial charge < -0.3 is 9.13 Å². The number of benzene rings is 7. The van der Waals surface area contributed by atoms with Crippen molar-refractivity contribution in [3.05, 3.63) is 149 Å². The van der Waals surface area contributed by atoms with E-state index in [1.54, 1.807) is 0 Å². The van der Waals surface area contributed by atoms with Crippen LogP contribution in [-0.4, -0.2) is 15.8 Å². The Morgan fingerprint density at radius 1 is 0.462 bits per heavy atom. The summed E-state index contributed by atoms with van der Waals surface area (Å²) in [5, 5.41) is 8.17. The molecule has 0 bridgehead atoms. The van der Waals surface area contributed by atoms with Gasteiger partial charge in [-0.15, -0.1) is 11.3 Å². The second-order valence-corrected chi connectivity index (χ2v) is 25.4. The Labute approximate surface area is 389 Å². The summed E-state index contributed by atoms with van der Waals surface area (Å²) in [6.45, 7) is 33.2. The smallest absolute Gasteiger partial charge is 0.247 e. The molecule has 3 aromatic heterocycles. The van der Waals surface area contributed by atoms with Crippen LogP contribution >= 0.6 is 11.3 Å². The fraction of sp³-hybridized carbons (Fsp3) is 0.311. The Morgan fingerprint density at radius 2 is 1.06 bits per heavy atom. The van der Waals surface area contributed by atoms with E-state index in [4.69, 9.17) is 0 Å². The first-order valence-electron chi connectivity index (χ1n) is 23.9. The lowest BCUT2D eigenvalue weighted by molar-refractivity contribution is 0.590. The lowest BCUT2D eigenvalue weighted by Gasteiger charge is -2.42. The van der Waals surface area contributed by atoms with Gasteiger partial charge in [0.25, 0.3) is 0 Å². The summed E-state index contributed by atoms with van der Waals surface area (Å²) in [6.07, 6.45) is 0. The van der Waals surface area contributed by atoms with Gasteiger partial charge in [0.2, 0.25) is 6.71 Å². The number of hydrogen-bond donors (Lipinski definition) is 0. The summed E-state index contributed by atoms with van der Waals surface area (Å²) in [5.41, 5.74) is 20.3. The van der Waals surface area contributed by atoms with E-state index in [0.29, 0.717) is 0 Å². The van der Waals surface area contributed by atoms with E-state index in [0.717, 1.165) is 0 Å². The van der Waals surface area contributed by atoms with Gasteiger partial charge in [0.15, 0.2) is 0 Å². The number of rotatable bonds is 1. The fourth-order valence-electron chi connectivity index (χ4n) is 12.0. The van der Waals surface area contributed by atoms with Crippen molar-refractivity contribution in [3.8, 4) is 11.4 Å².